The average Bonchev–Trinajstić information content (AvgIpc) is 2.14. The van der Waals surface area contributed by atoms with Crippen molar-refractivity contribution in [2.75, 3.05) is 13.1 Å². The fourth-order valence-corrected chi connectivity index (χ4v) is 1.04. The van der Waals surface area contributed by atoms with Crippen LogP contribution in [0.4, 0.5) is 0 Å². The van der Waals surface area contributed by atoms with Crippen LogP contribution in [-0.2, 0) is 4.79 Å². The Hall–Kier alpha value is -1.34. The third-order valence-electron chi connectivity index (χ3n) is 2.12. The van der Waals surface area contributed by atoms with Crippen molar-refractivity contribution in [3.05, 3.63) is 12.7 Å². The first kappa shape index (κ1) is 13.7. The summed E-state index contributed by atoms with van der Waals surface area (Å²) < 4.78 is 0. The maximum Gasteiger partial charge on any atom is 0.241 e. The van der Waals surface area contributed by atoms with Gasteiger partial charge in [0.15, 0.2) is 0 Å². The smallest absolute Gasteiger partial charge is 0.241 e. The van der Waals surface area contributed by atoms with Crippen LogP contribution in [-0.4, -0.2) is 29.9 Å². The van der Waals surface area contributed by atoms with Gasteiger partial charge in [0.25, 0.3) is 0 Å². The number of hydrogen-bond donors (Lipinski definition) is 1. The van der Waals surface area contributed by atoms with Crippen LogP contribution >= 0.6 is 0 Å². The topological polar surface area (TPSA) is 70.1 Å². The highest BCUT2D eigenvalue weighted by atomic mass is 16.2. The van der Waals surface area contributed by atoms with E-state index >= 15 is 0 Å². The van der Waals surface area contributed by atoms with E-state index in [4.69, 9.17) is 11.0 Å². The molecule has 1 unspecified atom stereocenters. The maximum absolute atomic E-state index is 11.9. The van der Waals surface area contributed by atoms with Gasteiger partial charge in [0.05, 0.1) is 12.1 Å². The fraction of sp³-hybridized carbons (Fsp3) is 0.636. The summed E-state index contributed by atoms with van der Waals surface area (Å²) >= 11 is 0. The molecular weight excluding hydrogens is 190 g/mol. The van der Waals surface area contributed by atoms with Gasteiger partial charge in [-0.15, -0.1) is 6.58 Å². The van der Waals surface area contributed by atoms with Crippen LogP contribution in [0.15, 0.2) is 12.7 Å². The summed E-state index contributed by atoms with van der Waals surface area (Å²) in [5.41, 5.74) is 5.52. The molecule has 0 fully saturated rings. The van der Waals surface area contributed by atoms with Crippen LogP contribution in [0.25, 0.3) is 0 Å². The molecule has 4 nitrogen and oxygen atoms in total. The van der Waals surface area contributed by atoms with E-state index in [1.54, 1.807) is 6.08 Å². The summed E-state index contributed by atoms with van der Waals surface area (Å²) in [6, 6.07) is 1.35. The summed E-state index contributed by atoms with van der Waals surface area (Å²) in [5, 5.41) is 8.58. The molecule has 0 heterocycles. The molecule has 4 heteroatoms. The number of carbonyl (C=O) groups is 1. The molecule has 0 radical (unpaired) electrons. The van der Waals surface area contributed by atoms with Crippen molar-refractivity contribution in [1.82, 2.24) is 4.90 Å². The summed E-state index contributed by atoms with van der Waals surface area (Å²) in [4.78, 5) is 13.3. The Morgan fingerprint density at radius 2 is 2.20 bits per heavy atom. The van der Waals surface area contributed by atoms with Crippen LogP contribution in [0, 0.1) is 16.7 Å². The molecule has 0 spiro atoms. The predicted octanol–water partition coefficient (Wildman–Crippen LogP) is 0.898. The van der Waals surface area contributed by atoms with E-state index in [1.165, 1.54) is 4.90 Å². The predicted molar refractivity (Wildman–Crippen MR) is 59.8 cm³/mol. The lowest BCUT2D eigenvalue weighted by molar-refractivity contribution is -0.133. The van der Waals surface area contributed by atoms with Gasteiger partial charge in [-0.3, -0.25) is 4.79 Å². The number of nitrogens with two attached hydrogens (primary N) is 1. The van der Waals surface area contributed by atoms with Gasteiger partial charge in [0.1, 0.15) is 6.54 Å². The van der Waals surface area contributed by atoms with Gasteiger partial charge in [-0.1, -0.05) is 26.8 Å². The van der Waals surface area contributed by atoms with E-state index in [0.717, 1.165) is 0 Å². The number of rotatable bonds is 4. The standard InChI is InChI=1S/C11H19N3O/c1-5-7-14(8-6-12)10(15)9(13)11(2,3)4/h5,9H,1,7-8,13H2,2-4H3. The summed E-state index contributed by atoms with van der Waals surface area (Å²) in [7, 11) is 0. The van der Waals surface area contributed by atoms with Gasteiger partial charge >= 0.3 is 0 Å². The van der Waals surface area contributed by atoms with Crippen molar-refractivity contribution in [3.63, 3.8) is 0 Å². The fourth-order valence-electron chi connectivity index (χ4n) is 1.04. The highest BCUT2D eigenvalue weighted by Crippen LogP contribution is 2.18. The highest BCUT2D eigenvalue weighted by Gasteiger charge is 2.30. The molecule has 15 heavy (non-hydrogen) atoms. The van der Waals surface area contributed by atoms with Crippen LogP contribution in [0.1, 0.15) is 20.8 Å². The first-order valence-corrected chi connectivity index (χ1v) is 4.86. The average molecular weight is 209 g/mol. The zero-order valence-corrected chi connectivity index (χ0v) is 9.66. The Balaban J connectivity index is 4.64. The van der Waals surface area contributed by atoms with Crippen LogP contribution < -0.4 is 5.73 Å². The summed E-state index contributed by atoms with van der Waals surface area (Å²) in [5.74, 6) is -0.205. The second kappa shape index (κ2) is 5.52. The minimum atomic E-state index is -0.592. The monoisotopic (exact) mass is 209 g/mol. The van der Waals surface area contributed by atoms with Gasteiger partial charge in [0, 0.05) is 6.54 Å². The largest absolute Gasteiger partial charge is 0.324 e. The first-order chi connectivity index (χ1) is 6.84. The van der Waals surface area contributed by atoms with E-state index in [9.17, 15) is 4.79 Å². The molecular formula is C11H19N3O. The van der Waals surface area contributed by atoms with Gasteiger partial charge < -0.3 is 10.6 Å². The summed E-state index contributed by atoms with van der Waals surface area (Å²) in [6.07, 6.45) is 1.59. The number of amides is 1. The molecule has 0 rings (SSSR count). The molecule has 0 aromatic rings. The highest BCUT2D eigenvalue weighted by molar-refractivity contribution is 5.82. The third-order valence-corrected chi connectivity index (χ3v) is 2.12. The van der Waals surface area contributed by atoms with Crippen molar-refractivity contribution < 1.29 is 4.79 Å². The third kappa shape index (κ3) is 4.13. The summed E-state index contributed by atoms with van der Waals surface area (Å²) in [6.45, 7) is 9.64. The van der Waals surface area contributed by atoms with Gasteiger partial charge in [0.2, 0.25) is 5.91 Å². The van der Waals surface area contributed by atoms with Gasteiger partial charge in [-0.05, 0) is 5.41 Å². The van der Waals surface area contributed by atoms with E-state index in [1.807, 2.05) is 26.8 Å². The van der Waals surface area contributed by atoms with E-state index < -0.39 is 6.04 Å². The molecule has 1 atom stereocenters. The lowest BCUT2D eigenvalue weighted by atomic mass is 9.86. The molecule has 1 amide bonds. The lowest BCUT2D eigenvalue weighted by Gasteiger charge is -2.30. The second-order valence-electron chi connectivity index (χ2n) is 4.51. The molecule has 0 aromatic heterocycles. The van der Waals surface area contributed by atoms with E-state index in [2.05, 4.69) is 6.58 Å². The Morgan fingerprint density at radius 3 is 2.53 bits per heavy atom. The number of hydrogen-bond acceptors (Lipinski definition) is 3. The molecule has 0 aliphatic rings. The Kier molecular flexibility index (Phi) is 5.03. The van der Waals surface area contributed by atoms with Crippen molar-refractivity contribution in [2.45, 2.75) is 26.8 Å². The molecule has 0 aliphatic carbocycles. The molecule has 2 N–H and O–H groups in total. The molecule has 84 valence electrons. The van der Waals surface area contributed by atoms with Crippen LogP contribution in [0.3, 0.4) is 0 Å². The zero-order valence-electron chi connectivity index (χ0n) is 9.66. The number of nitriles is 1. The minimum Gasteiger partial charge on any atom is -0.324 e. The van der Waals surface area contributed by atoms with Crippen molar-refractivity contribution in [1.29, 1.82) is 5.26 Å². The second-order valence-corrected chi connectivity index (χ2v) is 4.51. The normalized spacial score (nSPS) is 12.7. The zero-order chi connectivity index (χ0) is 12.1. The molecule has 0 saturated heterocycles. The minimum absolute atomic E-state index is 0.0502. The van der Waals surface area contributed by atoms with Gasteiger partial charge in [-0.2, -0.15) is 5.26 Å². The lowest BCUT2D eigenvalue weighted by Crippen LogP contribution is -2.50. The maximum atomic E-state index is 11.9. The van der Waals surface area contributed by atoms with Crippen LogP contribution in [0.2, 0.25) is 0 Å². The number of carbonyl (C=O) groups excluding carboxylic acids is 1. The Morgan fingerprint density at radius 1 is 1.67 bits per heavy atom. The molecule has 0 saturated carbocycles. The number of nitrogens with zero attached hydrogens (tertiary/aromatic N) is 2. The van der Waals surface area contributed by atoms with E-state index in [0.29, 0.717) is 6.54 Å². The molecule has 0 bridgehead atoms. The molecule has 0 aliphatic heterocycles. The Labute approximate surface area is 91.4 Å². The van der Waals surface area contributed by atoms with Crippen molar-refractivity contribution in [2.24, 2.45) is 11.1 Å². The molecule has 0 aromatic carbocycles. The van der Waals surface area contributed by atoms with Crippen molar-refractivity contribution in [3.8, 4) is 6.07 Å². The Bertz CT molecular complexity index is 273. The first-order valence-electron chi connectivity index (χ1n) is 4.86. The quantitative estimate of drug-likeness (QED) is 0.552. The van der Waals surface area contributed by atoms with Crippen LogP contribution in [0.5, 0.6) is 0 Å². The van der Waals surface area contributed by atoms with Gasteiger partial charge in [-0.25, -0.2) is 0 Å². The SMILES string of the molecule is C=CCN(CC#N)C(=O)C(N)C(C)(C)C. The van der Waals surface area contributed by atoms with E-state index in [-0.39, 0.29) is 17.9 Å². The van der Waals surface area contributed by atoms with Crippen molar-refractivity contribution >= 4 is 5.91 Å².